The van der Waals surface area contributed by atoms with Crippen LogP contribution in [0, 0.1) is 5.41 Å². The van der Waals surface area contributed by atoms with Gasteiger partial charge in [0.05, 0.1) is 25.4 Å². The van der Waals surface area contributed by atoms with Crippen molar-refractivity contribution in [2.75, 3.05) is 19.0 Å². The summed E-state index contributed by atoms with van der Waals surface area (Å²) in [4.78, 5) is 31.0. The van der Waals surface area contributed by atoms with Gasteiger partial charge in [0.25, 0.3) is 0 Å². The Hall–Kier alpha value is -5.50. The van der Waals surface area contributed by atoms with E-state index in [4.69, 9.17) is 4.74 Å². The highest BCUT2D eigenvalue weighted by atomic mass is 16.5. The van der Waals surface area contributed by atoms with Crippen molar-refractivity contribution in [3.63, 3.8) is 0 Å². The monoisotopic (exact) mass is 762 g/mol. The predicted molar refractivity (Wildman–Crippen MR) is 228 cm³/mol. The molecule has 5 aromatic rings. The zero-order chi connectivity index (χ0) is 40.0. The van der Waals surface area contributed by atoms with E-state index in [-0.39, 0.29) is 24.3 Å². The minimum Gasteiger partial charge on any atom is -0.497 e. The molecule has 0 radical (unpaired) electrons. The van der Waals surface area contributed by atoms with Crippen molar-refractivity contribution in [3.05, 3.63) is 167 Å². The van der Waals surface area contributed by atoms with Gasteiger partial charge in [-0.25, -0.2) is 4.79 Å². The zero-order valence-electron chi connectivity index (χ0n) is 33.3. The summed E-state index contributed by atoms with van der Waals surface area (Å²) in [5, 5.41) is 27.4. The number of nitrogens with one attached hydrogen (secondary N) is 1. The maximum Gasteiger partial charge on any atom is 0.322 e. The predicted octanol–water partition coefficient (Wildman–Crippen LogP) is 10.4. The Balaban J connectivity index is 1.30. The second-order valence-corrected chi connectivity index (χ2v) is 16.2. The molecule has 0 aromatic heterocycles. The van der Waals surface area contributed by atoms with Gasteiger partial charge in [0, 0.05) is 28.8 Å². The van der Waals surface area contributed by atoms with Crippen LogP contribution < -0.4 is 10.1 Å². The molecule has 7 nitrogen and oxygen atoms in total. The molecule has 8 rings (SSSR count). The fraction of sp³-hybridized carbons (Fsp3) is 0.320. The zero-order valence-corrected chi connectivity index (χ0v) is 33.3. The van der Waals surface area contributed by atoms with Crippen molar-refractivity contribution in [3.8, 4) is 16.9 Å². The molecular formula is C50H54N2O5. The third-order valence-electron chi connectivity index (χ3n) is 12.5. The van der Waals surface area contributed by atoms with Gasteiger partial charge in [-0.2, -0.15) is 0 Å². The largest absolute Gasteiger partial charge is 0.497 e. The minimum absolute atomic E-state index is 0.0778. The molecule has 2 bridgehead atoms. The van der Waals surface area contributed by atoms with Gasteiger partial charge in [-0.15, -0.1) is 0 Å². The summed E-state index contributed by atoms with van der Waals surface area (Å²) in [5.74, 6) is 0.423. The smallest absolute Gasteiger partial charge is 0.322 e. The van der Waals surface area contributed by atoms with Crippen LogP contribution in [0.4, 0.5) is 10.5 Å². The number of hydrogen-bond donors (Lipinski definition) is 3. The highest BCUT2D eigenvalue weighted by Gasteiger charge is 2.57. The van der Waals surface area contributed by atoms with Crippen molar-refractivity contribution in [2.45, 2.75) is 83.0 Å². The molecule has 2 amide bonds. The number of methoxy groups -OCH3 is 1. The Kier molecular flexibility index (Phi) is 12.1. The number of fused-ring (bicyclic) bond motifs is 8. The van der Waals surface area contributed by atoms with Crippen LogP contribution in [-0.2, 0) is 13.0 Å². The van der Waals surface area contributed by atoms with Crippen molar-refractivity contribution < 1.29 is 24.5 Å². The highest BCUT2D eigenvalue weighted by Crippen LogP contribution is 2.59. The van der Waals surface area contributed by atoms with Gasteiger partial charge in [0.2, 0.25) is 0 Å². The molecule has 0 heterocycles. The number of urea groups is 1. The average Bonchev–Trinajstić information content (AvgIpc) is 3.48. The number of allylic oxidation sites excluding steroid dienone is 2. The number of carbonyl (C=O) groups excluding carboxylic acids is 2. The van der Waals surface area contributed by atoms with Gasteiger partial charge in [0.15, 0.2) is 5.78 Å². The minimum atomic E-state index is -1.29. The molecule has 4 atom stereocenters. The quantitative estimate of drug-likeness (QED) is 0.103. The first-order valence-corrected chi connectivity index (χ1v) is 20.2. The van der Waals surface area contributed by atoms with Crippen molar-refractivity contribution in [2.24, 2.45) is 5.41 Å². The number of carbonyl (C=O) groups is 2. The van der Waals surface area contributed by atoms with E-state index in [2.05, 4.69) is 37.4 Å². The number of aliphatic hydroxyl groups excluding tert-OH is 1. The highest BCUT2D eigenvalue weighted by molar-refractivity contribution is 6.14. The molecule has 0 unspecified atom stereocenters. The first kappa shape index (κ1) is 39.7. The summed E-state index contributed by atoms with van der Waals surface area (Å²) in [6.07, 6.45) is 5.96. The topological polar surface area (TPSA) is 99.1 Å². The molecule has 7 heteroatoms. The van der Waals surface area contributed by atoms with Gasteiger partial charge >= 0.3 is 6.03 Å². The van der Waals surface area contributed by atoms with E-state index in [0.717, 1.165) is 34.2 Å². The first-order valence-electron chi connectivity index (χ1n) is 20.2. The number of ether oxygens (including phenoxy) is 1. The molecule has 0 aliphatic heterocycles. The number of rotatable bonds is 9. The van der Waals surface area contributed by atoms with Crippen LogP contribution in [0.25, 0.3) is 11.1 Å². The first-order chi connectivity index (χ1) is 27.6. The number of benzene rings is 5. The molecule has 0 spiro atoms. The number of ketones is 1. The molecule has 3 aliphatic rings. The fourth-order valence-electron chi connectivity index (χ4n) is 9.09. The van der Waals surface area contributed by atoms with Crippen LogP contribution in [0.2, 0.25) is 0 Å². The van der Waals surface area contributed by atoms with Crippen LogP contribution in [0.15, 0.2) is 139 Å². The molecule has 5 aromatic carbocycles. The maximum absolute atomic E-state index is 15.0. The number of anilines is 1. The van der Waals surface area contributed by atoms with E-state index in [1.165, 1.54) is 5.57 Å². The van der Waals surface area contributed by atoms with Crippen LogP contribution >= 0.6 is 0 Å². The van der Waals surface area contributed by atoms with E-state index in [0.29, 0.717) is 67.6 Å². The van der Waals surface area contributed by atoms with Gasteiger partial charge in [-0.3, -0.25) is 4.79 Å². The number of aliphatic hydroxyl groups is 2. The summed E-state index contributed by atoms with van der Waals surface area (Å²) in [6, 6.07) is 40.6. The summed E-state index contributed by atoms with van der Waals surface area (Å²) < 4.78 is 5.33. The number of hydrogen-bond acceptors (Lipinski definition) is 5. The van der Waals surface area contributed by atoms with Gasteiger partial charge in [-0.05, 0) is 116 Å². The van der Waals surface area contributed by atoms with Gasteiger partial charge in [-0.1, -0.05) is 116 Å². The normalized spacial score (nSPS) is 22.2. The van der Waals surface area contributed by atoms with Crippen LogP contribution in [0.1, 0.15) is 90.9 Å². The summed E-state index contributed by atoms with van der Waals surface area (Å²) in [5.41, 5.74) is 5.62. The Morgan fingerprint density at radius 3 is 2.28 bits per heavy atom. The Labute approximate surface area is 337 Å². The molecule has 1 fully saturated rings. The van der Waals surface area contributed by atoms with Crippen LogP contribution in [0.3, 0.4) is 0 Å². The van der Waals surface area contributed by atoms with Gasteiger partial charge in [0.1, 0.15) is 5.75 Å². The third kappa shape index (κ3) is 8.75. The summed E-state index contributed by atoms with van der Waals surface area (Å²) in [7, 11) is 1.61. The second kappa shape index (κ2) is 17.3. The fourth-order valence-corrected chi connectivity index (χ4v) is 9.09. The third-order valence-corrected chi connectivity index (χ3v) is 12.5. The Morgan fingerprint density at radius 2 is 1.54 bits per heavy atom. The van der Waals surface area contributed by atoms with E-state index in [1.54, 1.807) is 24.1 Å². The summed E-state index contributed by atoms with van der Waals surface area (Å²) >= 11 is 0. The van der Waals surface area contributed by atoms with Crippen molar-refractivity contribution >= 4 is 17.5 Å². The lowest BCUT2D eigenvalue weighted by atomic mass is 9.64. The summed E-state index contributed by atoms with van der Waals surface area (Å²) in [6.45, 7) is 4.68. The molecule has 0 saturated heterocycles. The molecule has 294 valence electrons. The van der Waals surface area contributed by atoms with E-state index >= 15 is 4.79 Å². The van der Waals surface area contributed by atoms with E-state index in [9.17, 15) is 15.0 Å². The Morgan fingerprint density at radius 1 is 0.842 bits per heavy atom. The lowest BCUT2D eigenvalue weighted by molar-refractivity contribution is -0.0773. The lowest BCUT2D eigenvalue weighted by Gasteiger charge is -2.46. The lowest BCUT2D eigenvalue weighted by Crippen LogP contribution is -2.54. The van der Waals surface area contributed by atoms with E-state index in [1.807, 2.05) is 103 Å². The van der Waals surface area contributed by atoms with Crippen molar-refractivity contribution in [1.29, 1.82) is 0 Å². The molecule has 3 N–H and O–H groups in total. The Bertz CT molecular complexity index is 2200. The SMILES string of the molecule is COc1ccc(NC(=O)N(Cc2ccccc2)C[C@]2(O)CC[C@H]3c4ccc(cc4C(=O)c4ccccc4-c4ccccc4)C[C@@H](O)CCC(C)=CCC[C@@]32C)cc1. The van der Waals surface area contributed by atoms with E-state index < -0.39 is 17.1 Å². The molecule has 57 heavy (non-hydrogen) atoms. The molecule has 1 saturated carbocycles. The maximum atomic E-state index is 15.0. The number of amides is 2. The second-order valence-electron chi connectivity index (χ2n) is 16.2. The standard InChI is InChI=1S/C50H54N2O5/c1-35-13-12-29-49(2)46(28-30-50(49,56)34-52(33-36-14-6-4-7-15-36)48(55)51-39-22-25-41(57-3)26-23-39)43-27-21-37(31-40(53)24-20-35)32-45(43)47(54)44-19-11-10-18-42(44)38-16-8-5-9-17-38/h4-11,13-19,21-23,25-27,32,40,46,53,56H,12,20,24,28-31,33-34H2,1-3H3,(H,51,55)/t40-,46-,49-,50+/m0/s1. The van der Waals surface area contributed by atoms with Crippen LogP contribution in [-0.4, -0.2) is 52.3 Å². The molecular weight excluding hydrogens is 709 g/mol. The van der Waals surface area contributed by atoms with Crippen LogP contribution in [0.5, 0.6) is 5.75 Å². The average molecular weight is 763 g/mol. The molecule has 3 aliphatic carbocycles. The van der Waals surface area contributed by atoms with Crippen molar-refractivity contribution in [1.82, 2.24) is 4.90 Å². The number of nitrogens with zero attached hydrogens (tertiary/aromatic N) is 1. The van der Waals surface area contributed by atoms with Gasteiger partial charge < -0.3 is 25.2 Å².